The fourth-order valence-corrected chi connectivity index (χ4v) is 5.29. The Balaban J connectivity index is 2.31. The molecule has 0 N–H and O–H groups in total. The van der Waals surface area contributed by atoms with Crippen LogP contribution in [0.4, 0.5) is 0 Å². The average molecular weight is 292 g/mol. The van der Waals surface area contributed by atoms with Gasteiger partial charge in [0.2, 0.25) is 0 Å². The van der Waals surface area contributed by atoms with Crippen molar-refractivity contribution in [2.24, 2.45) is 5.41 Å². The molecule has 0 amide bonds. The van der Waals surface area contributed by atoms with Crippen LogP contribution in [-0.2, 0) is 14.0 Å². The van der Waals surface area contributed by atoms with Gasteiger partial charge in [-0.3, -0.25) is 4.79 Å². The van der Waals surface area contributed by atoms with E-state index in [0.29, 0.717) is 0 Å². The lowest BCUT2D eigenvalue weighted by Gasteiger charge is -2.43. The Morgan fingerprint density at radius 2 is 1.85 bits per heavy atom. The summed E-state index contributed by atoms with van der Waals surface area (Å²) in [5.41, 5.74) is 0.380. The van der Waals surface area contributed by atoms with Crippen molar-refractivity contribution in [2.45, 2.75) is 45.0 Å². The van der Waals surface area contributed by atoms with Crippen LogP contribution >= 0.6 is 0 Å². The van der Waals surface area contributed by atoms with Crippen molar-refractivity contribution in [1.29, 1.82) is 0 Å². The minimum Gasteiger partial charge on any atom is -0.469 e. The van der Waals surface area contributed by atoms with Gasteiger partial charge in [0, 0.05) is 0 Å². The number of benzene rings is 1. The van der Waals surface area contributed by atoms with E-state index >= 15 is 0 Å². The SMILES string of the molecule is COC(=O)C(C)(C)C(O[Si]1(C)CCC1)c1ccccc1. The predicted molar refractivity (Wildman–Crippen MR) is 81.9 cm³/mol. The van der Waals surface area contributed by atoms with E-state index in [2.05, 4.69) is 6.55 Å². The minimum atomic E-state index is -1.62. The second-order valence-electron chi connectivity index (χ2n) is 6.43. The minimum absolute atomic E-state index is 0.219. The van der Waals surface area contributed by atoms with Gasteiger partial charge in [-0.1, -0.05) is 36.8 Å². The molecule has 0 aromatic heterocycles. The smallest absolute Gasteiger partial charge is 0.314 e. The summed E-state index contributed by atoms with van der Waals surface area (Å²) in [6.07, 6.45) is 1.02. The lowest BCUT2D eigenvalue weighted by molar-refractivity contribution is -0.157. The standard InChI is InChI=1S/C16H24O3Si/c1-16(2,15(17)18-3)14(13-9-6-5-7-10-13)19-20(4)11-8-12-20/h5-7,9-10,14H,8,11-12H2,1-4H3. The first-order chi connectivity index (χ1) is 9.39. The number of hydrogen-bond donors (Lipinski definition) is 0. The summed E-state index contributed by atoms with van der Waals surface area (Å²) in [5.74, 6) is -0.219. The van der Waals surface area contributed by atoms with Gasteiger partial charge in [0.15, 0.2) is 8.32 Å². The number of hydrogen-bond acceptors (Lipinski definition) is 3. The largest absolute Gasteiger partial charge is 0.469 e. The maximum absolute atomic E-state index is 12.2. The molecule has 0 bridgehead atoms. The fraction of sp³-hybridized carbons (Fsp3) is 0.562. The highest BCUT2D eigenvalue weighted by molar-refractivity contribution is 6.75. The highest BCUT2D eigenvalue weighted by Gasteiger charge is 2.46. The van der Waals surface area contributed by atoms with E-state index in [-0.39, 0.29) is 12.1 Å². The van der Waals surface area contributed by atoms with E-state index in [0.717, 1.165) is 5.56 Å². The van der Waals surface area contributed by atoms with E-state index in [1.807, 2.05) is 44.2 Å². The zero-order chi connectivity index (χ0) is 14.8. The van der Waals surface area contributed by atoms with Gasteiger partial charge in [-0.05, 0) is 38.0 Å². The molecule has 1 aliphatic rings. The summed E-state index contributed by atoms with van der Waals surface area (Å²) in [7, 11) is -0.180. The summed E-state index contributed by atoms with van der Waals surface area (Å²) in [6, 6.07) is 12.4. The van der Waals surface area contributed by atoms with Crippen LogP contribution in [0.25, 0.3) is 0 Å². The van der Waals surface area contributed by atoms with Gasteiger partial charge < -0.3 is 9.16 Å². The lowest BCUT2D eigenvalue weighted by Crippen LogP contribution is -2.47. The summed E-state index contributed by atoms with van der Waals surface area (Å²) < 4.78 is 11.5. The van der Waals surface area contributed by atoms with Crippen LogP contribution in [0.2, 0.25) is 18.6 Å². The summed E-state index contributed by atoms with van der Waals surface area (Å²) in [5, 5.41) is 0. The van der Waals surface area contributed by atoms with Crippen molar-refractivity contribution in [1.82, 2.24) is 0 Å². The summed E-state index contributed by atoms with van der Waals surface area (Å²) in [4.78, 5) is 12.2. The van der Waals surface area contributed by atoms with Crippen molar-refractivity contribution < 1.29 is 14.0 Å². The Kier molecular flexibility index (Phi) is 4.35. The van der Waals surface area contributed by atoms with Crippen molar-refractivity contribution in [3.63, 3.8) is 0 Å². The number of rotatable bonds is 5. The third-order valence-corrected chi connectivity index (χ3v) is 7.91. The van der Waals surface area contributed by atoms with Crippen LogP contribution in [0.15, 0.2) is 30.3 Å². The third-order valence-electron chi connectivity index (χ3n) is 4.28. The quantitative estimate of drug-likeness (QED) is 0.609. The van der Waals surface area contributed by atoms with Gasteiger partial charge in [0.1, 0.15) is 0 Å². The van der Waals surface area contributed by atoms with E-state index in [1.165, 1.54) is 25.6 Å². The van der Waals surface area contributed by atoms with Crippen molar-refractivity contribution in [3.05, 3.63) is 35.9 Å². The molecule has 1 heterocycles. The van der Waals surface area contributed by atoms with Crippen molar-refractivity contribution in [2.75, 3.05) is 7.11 Å². The molecule has 3 nitrogen and oxygen atoms in total. The van der Waals surface area contributed by atoms with Gasteiger partial charge in [-0.2, -0.15) is 0 Å². The molecule has 1 unspecified atom stereocenters. The zero-order valence-electron chi connectivity index (χ0n) is 12.8. The van der Waals surface area contributed by atoms with Crippen LogP contribution in [0.3, 0.4) is 0 Å². The Hall–Kier alpha value is -1.13. The molecule has 0 radical (unpaired) electrons. The van der Waals surface area contributed by atoms with Crippen LogP contribution in [0.1, 0.15) is 31.9 Å². The van der Waals surface area contributed by atoms with Crippen LogP contribution in [0.5, 0.6) is 0 Å². The number of ether oxygens (including phenoxy) is 1. The van der Waals surface area contributed by atoms with Crippen molar-refractivity contribution >= 4 is 14.3 Å². The third kappa shape index (κ3) is 2.96. The summed E-state index contributed by atoms with van der Waals surface area (Å²) >= 11 is 0. The molecule has 1 atom stereocenters. The van der Waals surface area contributed by atoms with Gasteiger partial charge in [0.25, 0.3) is 0 Å². The molecule has 1 aromatic rings. The molecule has 1 fully saturated rings. The first kappa shape index (κ1) is 15.3. The molecule has 20 heavy (non-hydrogen) atoms. The Morgan fingerprint density at radius 1 is 1.25 bits per heavy atom. The van der Waals surface area contributed by atoms with E-state index in [1.54, 1.807) is 0 Å². The lowest BCUT2D eigenvalue weighted by atomic mass is 9.83. The molecule has 1 aromatic carbocycles. The molecule has 0 aliphatic carbocycles. The Bertz CT molecular complexity index is 466. The monoisotopic (exact) mass is 292 g/mol. The molecule has 0 saturated carbocycles. The zero-order valence-corrected chi connectivity index (χ0v) is 13.8. The molecule has 4 heteroatoms. The number of carbonyl (C=O) groups is 1. The first-order valence-corrected chi connectivity index (χ1v) is 10.0. The van der Waals surface area contributed by atoms with E-state index in [4.69, 9.17) is 9.16 Å². The number of carbonyl (C=O) groups excluding carboxylic acids is 1. The molecular formula is C16H24O3Si. The highest BCUT2D eigenvalue weighted by atomic mass is 28.4. The molecule has 1 aliphatic heterocycles. The highest BCUT2D eigenvalue weighted by Crippen LogP contribution is 2.44. The van der Waals surface area contributed by atoms with Crippen LogP contribution in [0, 0.1) is 5.41 Å². The van der Waals surface area contributed by atoms with Gasteiger partial charge in [0.05, 0.1) is 18.6 Å². The summed E-state index contributed by atoms with van der Waals surface area (Å²) in [6.45, 7) is 6.08. The molecule has 1 saturated heterocycles. The normalized spacial score (nSPS) is 19.0. The van der Waals surface area contributed by atoms with E-state index < -0.39 is 13.7 Å². The van der Waals surface area contributed by atoms with Crippen molar-refractivity contribution in [3.8, 4) is 0 Å². The number of methoxy groups -OCH3 is 1. The fourth-order valence-electron chi connectivity index (χ4n) is 2.71. The maximum atomic E-state index is 12.2. The molecule has 2 rings (SSSR count). The van der Waals surface area contributed by atoms with Crippen LogP contribution < -0.4 is 0 Å². The topological polar surface area (TPSA) is 35.5 Å². The van der Waals surface area contributed by atoms with Gasteiger partial charge in [-0.15, -0.1) is 0 Å². The number of esters is 1. The molecule has 0 spiro atoms. The van der Waals surface area contributed by atoms with E-state index in [9.17, 15) is 4.79 Å². The first-order valence-electron chi connectivity index (χ1n) is 7.20. The second kappa shape index (κ2) is 5.70. The van der Waals surface area contributed by atoms with Gasteiger partial charge in [-0.25, -0.2) is 0 Å². The Morgan fingerprint density at radius 3 is 2.30 bits per heavy atom. The predicted octanol–water partition coefficient (Wildman–Crippen LogP) is 3.92. The van der Waals surface area contributed by atoms with Crippen LogP contribution in [-0.4, -0.2) is 21.4 Å². The molecular weight excluding hydrogens is 268 g/mol. The Labute approximate surface area is 122 Å². The average Bonchev–Trinajstić information content (AvgIpc) is 2.42. The van der Waals surface area contributed by atoms with Gasteiger partial charge >= 0.3 is 5.97 Å². The molecule has 110 valence electrons. The second-order valence-corrected chi connectivity index (χ2v) is 10.6. The maximum Gasteiger partial charge on any atom is 0.314 e.